The lowest BCUT2D eigenvalue weighted by molar-refractivity contribution is -0.157. The second-order valence-electron chi connectivity index (χ2n) is 3.81. The highest BCUT2D eigenvalue weighted by molar-refractivity contribution is 5.66. The predicted octanol–water partition coefficient (Wildman–Crippen LogP) is 2.83. The van der Waals surface area contributed by atoms with Gasteiger partial charge in [0.15, 0.2) is 0 Å². The minimum absolute atomic E-state index is 0.147. The van der Waals surface area contributed by atoms with E-state index in [4.69, 9.17) is 4.74 Å². The zero-order chi connectivity index (χ0) is 9.73. The van der Waals surface area contributed by atoms with Gasteiger partial charge in [-0.05, 0) is 38.5 Å². The average molecular weight is 182 g/mol. The average Bonchev–Trinajstić information content (AvgIpc) is 2.49. The minimum atomic E-state index is -0.153. The van der Waals surface area contributed by atoms with E-state index in [1.165, 1.54) is 19.8 Å². The first-order valence-corrected chi connectivity index (χ1v) is 4.99. The van der Waals surface area contributed by atoms with Crippen LogP contribution >= 0.6 is 0 Å². The molecule has 1 saturated carbocycles. The Bertz CT molecular complexity index is 190. The van der Waals surface area contributed by atoms with Gasteiger partial charge in [-0.25, -0.2) is 0 Å². The molecule has 0 spiro atoms. The molecule has 0 N–H and O–H groups in total. The number of rotatable bonds is 4. The van der Waals surface area contributed by atoms with Crippen LogP contribution in [0.4, 0.5) is 0 Å². The number of carbonyl (C=O) groups excluding carboxylic acids is 1. The van der Waals surface area contributed by atoms with Crippen molar-refractivity contribution in [3.8, 4) is 0 Å². The lowest BCUT2D eigenvalue weighted by Crippen LogP contribution is -2.30. The molecule has 0 bridgehead atoms. The Hall–Kier alpha value is -0.790. The van der Waals surface area contributed by atoms with Crippen LogP contribution in [0.25, 0.3) is 0 Å². The molecule has 1 fully saturated rings. The van der Waals surface area contributed by atoms with E-state index < -0.39 is 0 Å². The molecule has 0 heterocycles. The van der Waals surface area contributed by atoms with Crippen LogP contribution in [0.2, 0.25) is 0 Å². The standard InChI is InChI=1S/C11H18O2/c1-3-4-7-11(13-10(2)12)8-5-6-9-11/h3H,1,4-9H2,2H3. The lowest BCUT2D eigenvalue weighted by Gasteiger charge is -2.28. The van der Waals surface area contributed by atoms with Gasteiger partial charge in [0.05, 0.1) is 0 Å². The molecule has 0 aliphatic heterocycles. The van der Waals surface area contributed by atoms with E-state index >= 15 is 0 Å². The van der Waals surface area contributed by atoms with Crippen molar-refractivity contribution < 1.29 is 9.53 Å². The van der Waals surface area contributed by atoms with Crippen LogP contribution in [0.5, 0.6) is 0 Å². The van der Waals surface area contributed by atoms with Crippen molar-refractivity contribution in [1.29, 1.82) is 0 Å². The van der Waals surface area contributed by atoms with Gasteiger partial charge in [-0.3, -0.25) is 4.79 Å². The second kappa shape index (κ2) is 4.45. The monoisotopic (exact) mass is 182 g/mol. The van der Waals surface area contributed by atoms with Gasteiger partial charge in [0.2, 0.25) is 0 Å². The summed E-state index contributed by atoms with van der Waals surface area (Å²) in [7, 11) is 0. The molecule has 1 aliphatic rings. The highest BCUT2D eigenvalue weighted by Gasteiger charge is 2.35. The molecule has 0 atom stereocenters. The van der Waals surface area contributed by atoms with Crippen LogP contribution in [0.3, 0.4) is 0 Å². The van der Waals surface area contributed by atoms with Crippen molar-refractivity contribution in [3.05, 3.63) is 12.7 Å². The molecular weight excluding hydrogens is 164 g/mol. The van der Waals surface area contributed by atoms with Crippen molar-refractivity contribution >= 4 is 5.97 Å². The molecule has 0 radical (unpaired) electrons. The number of esters is 1. The van der Waals surface area contributed by atoms with Crippen LogP contribution in [-0.2, 0) is 9.53 Å². The summed E-state index contributed by atoms with van der Waals surface area (Å²) in [5, 5.41) is 0. The van der Waals surface area contributed by atoms with Gasteiger partial charge < -0.3 is 4.74 Å². The quantitative estimate of drug-likeness (QED) is 0.493. The Morgan fingerprint density at radius 1 is 1.54 bits per heavy atom. The molecule has 2 heteroatoms. The maximum Gasteiger partial charge on any atom is 0.303 e. The lowest BCUT2D eigenvalue weighted by atomic mass is 9.95. The Balaban J connectivity index is 2.51. The van der Waals surface area contributed by atoms with Crippen molar-refractivity contribution in [2.45, 2.75) is 51.0 Å². The van der Waals surface area contributed by atoms with E-state index in [-0.39, 0.29) is 11.6 Å². The summed E-state index contributed by atoms with van der Waals surface area (Å²) in [6.07, 6.45) is 8.20. The summed E-state index contributed by atoms with van der Waals surface area (Å²) in [4.78, 5) is 10.9. The van der Waals surface area contributed by atoms with Crippen LogP contribution < -0.4 is 0 Å². The maximum absolute atomic E-state index is 10.9. The summed E-state index contributed by atoms with van der Waals surface area (Å²) in [6, 6.07) is 0. The Morgan fingerprint density at radius 3 is 2.62 bits per heavy atom. The van der Waals surface area contributed by atoms with Gasteiger partial charge in [-0.15, -0.1) is 6.58 Å². The third kappa shape index (κ3) is 2.87. The minimum Gasteiger partial charge on any atom is -0.459 e. The Morgan fingerprint density at radius 2 is 2.15 bits per heavy atom. The fourth-order valence-corrected chi connectivity index (χ4v) is 2.09. The van der Waals surface area contributed by atoms with Gasteiger partial charge in [0.1, 0.15) is 5.60 Å². The first-order valence-electron chi connectivity index (χ1n) is 4.99. The van der Waals surface area contributed by atoms with E-state index in [1.54, 1.807) is 0 Å². The van der Waals surface area contributed by atoms with E-state index in [2.05, 4.69) is 6.58 Å². The number of hydrogen-bond donors (Lipinski definition) is 0. The predicted molar refractivity (Wildman–Crippen MR) is 52.4 cm³/mol. The molecule has 1 aliphatic carbocycles. The van der Waals surface area contributed by atoms with E-state index in [0.717, 1.165) is 25.7 Å². The Labute approximate surface area is 80.0 Å². The molecule has 0 saturated heterocycles. The molecule has 74 valence electrons. The second-order valence-corrected chi connectivity index (χ2v) is 3.81. The van der Waals surface area contributed by atoms with Gasteiger partial charge in [0.25, 0.3) is 0 Å². The van der Waals surface area contributed by atoms with Gasteiger partial charge in [-0.2, -0.15) is 0 Å². The van der Waals surface area contributed by atoms with Crippen molar-refractivity contribution in [1.82, 2.24) is 0 Å². The van der Waals surface area contributed by atoms with Crippen molar-refractivity contribution in [2.24, 2.45) is 0 Å². The molecule has 0 aromatic carbocycles. The van der Waals surface area contributed by atoms with E-state index in [1.807, 2.05) is 6.08 Å². The number of allylic oxidation sites excluding steroid dienone is 1. The normalized spacial score (nSPS) is 19.8. The molecule has 0 aromatic heterocycles. The number of carbonyl (C=O) groups is 1. The highest BCUT2D eigenvalue weighted by Crippen LogP contribution is 2.37. The smallest absolute Gasteiger partial charge is 0.303 e. The molecule has 1 rings (SSSR count). The molecule has 0 amide bonds. The SMILES string of the molecule is C=CCCC1(OC(C)=O)CCCC1. The van der Waals surface area contributed by atoms with Crippen LogP contribution in [0, 0.1) is 0 Å². The third-order valence-corrected chi connectivity index (χ3v) is 2.68. The fourth-order valence-electron chi connectivity index (χ4n) is 2.09. The van der Waals surface area contributed by atoms with Crippen LogP contribution in [0.1, 0.15) is 45.4 Å². The van der Waals surface area contributed by atoms with E-state index in [9.17, 15) is 4.79 Å². The Kier molecular flexibility index (Phi) is 3.52. The zero-order valence-corrected chi connectivity index (χ0v) is 8.34. The van der Waals surface area contributed by atoms with Gasteiger partial charge in [0, 0.05) is 6.92 Å². The molecule has 2 nitrogen and oxygen atoms in total. The topological polar surface area (TPSA) is 26.3 Å². The summed E-state index contributed by atoms with van der Waals surface area (Å²) in [5.74, 6) is -0.147. The molecule has 0 aromatic rings. The highest BCUT2D eigenvalue weighted by atomic mass is 16.6. The first-order chi connectivity index (χ1) is 6.18. The molecule has 13 heavy (non-hydrogen) atoms. The van der Waals surface area contributed by atoms with Gasteiger partial charge >= 0.3 is 5.97 Å². The fraction of sp³-hybridized carbons (Fsp3) is 0.727. The summed E-state index contributed by atoms with van der Waals surface area (Å²) >= 11 is 0. The largest absolute Gasteiger partial charge is 0.459 e. The van der Waals surface area contributed by atoms with Crippen LogP contribution in [-0.4, -0.2) is 11.6 Å². The van der Waals surface area contributed by atoms with E-state index in [0.29, 0.717) is 0 Å². The van der Waals surface area contributed by atoms with Crippen molar-refractivity contribution in [3.63, 3.8) is 0 Å². The van der Waals surface area contributed by atoms with Gasteiger partial charge in [-0.1, -0.05) is 6.08 Å². The maximum atomic E-state index is 10.9. The summed E-state index contributed by atoms with van der Waals surface area (Å²) in [5.41, 5.74) is -0.153. The van der Waals surface area contributed by atoms with Crippen LogP contribution in [0.15, 0.2) is 12.7 Å². The summed E-state index contributed by atoms with van der Waals surface area (Å²) in [6.45, 7) is 5.19. The zero-order valence-electron chi connectivity index (χ0n) is 8.34. The first kappa shape index (κ1) is 10.3. The number of ether oxygens (including phenoxy) is 1. The third-order valence-electron chi connectivity index (χ3n) is 2.68. The van der Waals surface area contributed by atoms with Crippen molar-refractivity contribution in [2.75, 3.05) is 0 Å². The molecule has 0 unspecified atom stereocenters. The molecular formula is C11H18O2. The number of hydrogen-bond acceptors (Lipinski definition) is 2. The summed E-state index contributed by atoms with van der Waals surface area (Å²) < 4.78 is 5.41.